The van der Waals surface area contributed by atoms with E-state index in [9.17, 15) is 9.59 Å². The molecule has 1 heterocycles. The van der Waals surface area contributed by atoms with Gasteiger partial charge in [0, 0.05) is 17.4 Å². The molecule has 0 aliphatic carbocycles. The number of pyridine rings is 1. The summed E-state index contributed by atoms with van der Waals surface area (Å²) in [6.07, 6.45) is 1.56. The number of amides is 1. The molecule has 0 bridgehead atoms. The van der Waals surface area contributed by atoms with Gasteiger partial charge in [0.05, 0.1) is 0 Å². The summed E-state index contributed by atoms with van der Waals surface area (Å²) in [5, 5.41) is 2.89. The highest BCUT2D eigenvalue weighted by Gasteiger charge is 2.18. The highest BCUT2D eigenvalue weighted by Crippen LogP contribution is 2.24. The number of aromatic amines is 1. The summed E-state index contributed by atoms with van der Waals surface area (Å²) < 4.78 is 0. The number of aryl methyl sites for hydroxylation is 2. The van der Waals surface area contributed by atoms with Gasteiger partial charge in [0.25, 0.3) is 11.5 Å². The summed E-state index contributed by atoms with van der Waals surface area (Å²) in [6, 6.07) is 16.9. The molecule has 24 heavy (non-hydrogen) atoms. The Hall–Kier alpha value is -3.14. The molecule has 2 aromatic carbocycles. The molecule has 0 unspecified atom stereocenters. The lowest BCUT2D eigenvalue weighted by Gasteiger charge is -2.13. The zero-order chi connectivity index (χ0) is 17.1. The van der Waals surface area contributed by atoms with Crippen LogP contribution in [0.3, 0.4) is 0 Å². The highest BCUT2D eigenvalue weighted by atomic mass is 16.2. The van der Waals surface area contributed by atoms with Crippen LogP contribution in [-0.4, -0.2) is 10.9 Å². The first-order chi connectivity index (χ1) is 11.6. The Labute approximate surface area is 140 Å². The van der Waals surface area contributed by atoms with Gasteiger partial charge in [0.2, 0.25) is 0 Å². The quantitative estimate of drug-likeness (QED) is 0.769. The van der Waals surface area contributed by atoms with Crippen molar-refractivity contribution in [2.75, 3.05) is 5.32 Å². The van der Waals surface area contributed by atoms with Crippen LogP contribution in [-0.2, 0) is 0 Å². The molecule has 1 amide bonds. The van der Waals surface area contributed by atoms with E-state index in [1.54, 1.807) is 12.3 Å². The van der Waals surface area contributed by atoms with Gasteiger partial charge in [-0.15, -0.1) is 0 Å². The molecule has 2 N–H and O–H groups in total. The molecule has 3 aromatic rings. The van der Waals surface area contributed by atoms with E-state index in [1.165, 1.54) is 0 Å². The Kier molecular flexibility index (Phi) is 4.29. The van der Waals surface area contributed by atoms with Crippen molar-refractivity contribution >= 4 is 11.6 Å². The number of benzene rings is 2. The Morgan fingerprint density at radius 2 is 1.58 bits per heavy atom. The van der Waals surface area contributed by atoms with Gasteiger partial charge in [-0.2, -0.15) is 0 Å². The van der Waals surface area contributed by atoms with E-state index in [4.69, 9.17) is 0 Å². The summed E-state index contributed by atoms with van der Waals surface area (Å²) in [5.74, 6) is -0.409. The fourth-order valence-corrected chi connectivity index (χ4v) is 2.75. The molecule has 1 aromatic heterocycles. The van der Waals surface area contributed by atoms with Gasteiger partial charge in [-0.1, -0.05) is 48.5 Å². The maximum absolute atomic E-state index is 12.8. The molecule has 0 saturated carbocycles. The molecule has 0 aliphatic heterocycles. The predicted molar refractivity (Wildman–Crippen MR) is 96.4 cm³/mol. The smallest absolute Gasteiger partial charge is 0.261 e. The molecule has 4 heteroatoms. The summed E-state index contributed by atoms with van der Waals surface area (Å²) in [6.45, 7) is 3.85. The standard InChI is InChI=1S/C20H18N2O2/c1-13-7-6-8-14(2)18(13)22-20(24)17-16(11-12-21-19(17)23)15-9-4-3-5-10-15/h3-12H,1-2H3,(H,21,23)(H,22,24). The molecule has 120 valence electrons. The van der Waals surface area contributed by atoms with Crippen molar-refractivity contribution in [3.05, 3.63) is 87.8 Å². The maximum Gasteiger partial charge on any atom is 0.261 e. The number of carbonyl (C=O) groups is 1. The Morgan fingerprint density at radius 3 is 2.25 bits per heavy atom. The molecular formula is C20H18N2O2. The molecule has 0 atom stereocenters. The number of nitrogens with one attached hydrogen (secondary N) is 2. The van der Waals surface area contributed by atoms with Crippen molar-refractivity contribution < 1.29 is 4.79 Å². The number of rotatable bonds is 3. The van der Waals surface area contributed by atoms with Crippen LogP contribution in [0.2, 0.25) is 0 Å². The number of hydrogen-bond acceptors (Lipinski definition) is 2. The average Bonchev–Trinajstić information content (AvgIpc) is 2.58. The van der Waals surface area contributed by atoms with Crippen LogP contribution < -0.4 is 10.9 Å². The first-order valence-corrected chi connectivity index (χ1v) is 7.72. The van der Waals surface area contributed by atoms with Crippen molar-refractivity contribution in [3.8, 4) is 11.1 Å². The van der Waals surface area contributed by atoms with Crippen LogP contribution in [0.15, 0.2) is 65.6 Å². The summed E-state index contributed by atoms with van der Waals surface area (Å²) in [5.41, 5.74) is 3.81. The first-order valence-electron chi connectivity index (χ1n) is 7.72. The van der Waals surface area contributed by atoms with E-state index in [0.29, 0.717) is 5.56 Å². The fourth-order valence-electron chi connectivity index (χ4n) is 2.75. The number of hydrogen-bond donors (Lipinski definition) is 2. The zero-order valence-corrected chi connectivity index (χ0v) is 13.6. The number of H-pyrrole nitrogens is 1. The third-order valence-electron chi connectivity index (χ3n) is 3.99. The Morgan fingerprint density at radius 1 is 0.917 bits per heavy atom. The molecule has 0 saturated heterocycles. The predicted octanol–water partition coefficient (Wildman–Crippen LogP) is 3.91. The Bertz CT molecular complexity index is 923. The molecule has 0 aliphatic rings. The van der Waals surface area contributed by atoms with Gasteiger partial charge in [-0.05, 0) is 36.6 Å². The lowest BCUT2D eigenvalue weighted by molar-refractivity contribution is 0.102. The average molecular weight is 318 g/mol. The van der Waals surface area contributed by atoms with Crippen LogP contribution in [0.4, 0.5) is 5.69 Å². The van der Waals surface area contributed by atoms with Crippen molar-refractivity contribution in [2.24, 2.45) is 0 Å². The van der Waals surface area contributed by atoms with Gasteiger partial charge >= 0.3 is 0 Å². The third-order valence-corrected chi connectivity index (χ3v) is 3.99. The third kappa shape index (κ3) is 2.99. The minimum Gasteiger partial charge on any atom is -0.328 e. The topological polar surface area (TPSA) is 62.0 Å². The van der Waals surface area contributed by atoms with Gasteiger partial charge in [-0.25, -0.2) is 0 Å². The van der Waals surface area contributed by atoms with Crippen molar-refractivity contribution in [3.63, 3.8) is 0 Å². The zero-order valence-electron chi connectivity index (χ0n) is 13.6. The van der Waals surface area contributed by atoms with Crippen LogP contribution >= 0.6 is 0 Å². The van der Waals surface area contributed by atoms with E-state index in [2.05, 4.69) is 10.3 Å². The van der Waals surface area contributed by atoms with Gasteiger partial charge in [-0.3, -0.25) is 9.59 Å². The maximum atomic E-state index is 12.8. The lowest BCUT2D eigenvalue weighted by Crippen LogP contribution is -2.24. The van der Waals surface area contributed by atoms with E-state index in [-0.39, 0.29) is 5.56 Å². The second-order valence-electron chi connectivity index (χ2n) is 5.68. The highest BCUT2D eigenvalue weighted by molar-refractivity contribution is 6.09. The first kappa shape index (κ1) is 15.7. The second kappa shape index (κ2) is 6.54. The summed E-state index contributed by atoms with van der Waals surface area (Å²) in [7, 11) is 0. The molecular weight excluding hydrogens is 300 g/mol. The van der Waals surface area contributed by atoms with Crippen LogP contribution in [0.25, 0.3) is 11.1 Å². The molecule has 0 radical (unpaired) electrons. The van der Waals surface area contributed by atoms with Crippen LogP contribution in [0.1, 0.15) is 21.5 Å². The molecule has 3 rings (SSSR count). The number of para-hydroxylation sites is 1. The minimum absolute atomic E-state index is 0.117. The minimum atomic E-state index is -0.409. The monoisotopic (exact) mass is 318 g/mol. The van der Waals surface area contributed by atoms with Crippen molar-refractivity contribution in [1.29, 1.82) is 0 Å². The lowest BCUT2D eigenvalue weighted by atomic mass is 10.0. The van der Waals surface area contributed by atoms with Gasteiger partial charge < -0.3 is 10.3 Å². The van der Waals surface area contributed by atoms with Crippen molar-refractivity contribution in [1.82, 2.24) is 4.98 Å². The van der Waals surface area contributed by atoms with Crippen LogP contribution in [0, 0.1) is 13.8 Å². The molecule has 0 spiro atoms. The fraction of sp³-hybridized carbons (Fsp3) is 0.100. The van der Waals surface area contributed by atoms with E-state index >= 15 is 0 Å². The van der Waals surface area contributed by atoms with E-state index in [0.717, 1.165) is 22.4 Å². The second-order valence-corrected chi connectivity index (χ2v) is 5.68. The summed E-state index contributed by atoms with van der Waals surface area (Å²) >= 11 is 0. The normalized spacial score (nSPS) is 10.4. The molecule has 4 nitrogen and oxygen atoms in total. The number of aromatic nitrogens is 1. The van der Waals surface area contributed by atoms with E-state index < -0.39 is 11.5 Å². The molecule has 0 fully saturated rings. The number of carbonyl (C=O) groups excluding carboxylic acids is 1. The van der Waals surface area contributed by atoms with Gasteiger partial charge in [0.1, 0.15) is 5.56 Å². The van der Waals surface area contributed by atoms with E-state index in [1.807, 2.05) is 62.4 Å². The van der Waals surface area contributed by atoms with Gasteiger partial charge in [0.15, 0.2) is 0 Å². The SMILES string of the molecule is Cc1cccc(C)c1NC(=O)c1c(-c2ccccc2)cc[nH]c1=O. The Balaban J connectivity index is 2.07. The van der Waals surface area contributed by atoms with Crippen molar-refractivity contribution in [2.45, 2.75) is 13.8 Å². The number of anilines is 1. The largest absolute Gasteiger partial charge is 0.328 e. The van der Waals surface area contributed by atoms with Crippen LogP contribution in [0.5, 0.6) is 0 Å². The summed E-state index contributed by atoms with van der Waals surface area (Å²) in [4.78, 5) is 27.7.